The molecule has 2 saturated heterocycles. The van der Waals surface area contributed by atoms with E-state index in [1.165, 1.54) is 17.0 Å². The maximum Gasteiger partial charge on any atom is 0.416 e. The molecule has 8 nitrogen and oxygen atoms in total. The molecule has 0 bridgehead atoms. The van der Waals surface area contributed by atoms with Gasteiger partial charge in [-0.3, -0.25) is 29.6 Å². The molecule has 3 amide bonds. The van der Waals surface area contributed by atoms with Gasteiger partial charge in [-0.1, -0.05) is 31.4 Å². The van der Waals surface area contributed by atoms with Crippen molar-refractivity contribution >= 4 is 17.7 Å². The molecule has 2 aromatic rings. The normalized spacial score (nSPS) is 26.8. The quantitative estimate of drug-likeness (QED) is 0.541. The van der Waals surface area contributed by atoms with Gasteiger partial charge in [-0.05, 0) is 55.5 Å². The zero-order valence-corrected chi connectivity index (χ0v) is 22.7. The van der Waals surface area contributed by atoms with E-state index in [1.54, 1.807) is 12.1 Å². The van der Waals surface area contributed by atoms with Crippen LogP contribution in [-0.4, -0.2) is 56.7 Å². The molecule has 4 heterocycles. The van der Waals surface area contributed by atoms with Crippen molar-refractivity contribution in [3.8, 4) is 0 Å². The fourth-order valence-corrected chi connectivity index (χ4v) is 7.28. The molecule has 218 valence electrons. The maximum atomic E-state index is 13.2. The summed E-state index contributed by atoms with van der Waals surface area (Å²) in [5.41, 5.74) is -0.159. The Labute approximate surface area is 235 Å². The fourth-order valence-electron chi connectivity index (χ4n) is 7.28. The minimum atomic E-state index is -4.38. The largest absolute Gasteiger partial charge is 0.416 e. The van der Waals surface area contributed by atoms with Crippen molar-refractivity contribution in [3.05, 3.63) is 64.5 Å². The van der Waals surface area contributed by atoms with Gasteiger partial charge < -0.3 is 10.0 Å². The van der Waals surface area contributed by atoms with E-state index < -0.39 is 34.7 Å². The Kier molecular flexibility index (Phi) is 6.93. The second kappa shape index (κ2) is 10.2. The molecule has 11 heteroatoms. The van der Waals surface area contributed by atoms with Gasteiger partial charge in [0.1, 0.15) is 11.6 Å². The highest BCUT2D eigenvalue weighted by Gasteiger charge is 2.56. The molecular weight excluding hydrogens is 537 g/mol. The Morgan fingerprint density at radius 2 is 1.73 bits per heavy atom. The average molecular weight is 571 g/mol. The molecule has 3 fully saturated rings. The van der Waals surface area contributed by atoms with Gasteiger partial charge in [-0.15, -0.1) is 0 Å². The number of aromatic nitrogens is 1. The SMILES string of the molecule is O=C1CC[C@H](N2Cc3nc([C@]4(O)CCN(Cc5ccc(C(F)(F)F)cc5)CC45CCCCC5)ccc3C2=O)C(=O)N1. The Morgan fingerprint density at radius 3 is 2.41 bits per heavy atom. The lowest BCUT2D eigenvalue weighted by Gasteiger charge is -2.55. The van der Waals surface area contributed by atoms with Gasteiger partial charge in [0.2, 0.25) is 11.8 Å². The summed E-state index contributed by atoms with van der Waals surface area (Å²) in [7, 11) is 0. The van der Waals surface area contributed by atoms with Crippen LogP contribution < -0.4 is 5.32 Å². The minimum Gasteiger partial charge on any atom is -0.383 e. The van der Waals surface area contributed by atoms with Crippen molar-refractivity contribution in [3.63, 3.8) is 0 Å². The monoisotopic (exact) mass is 570 g/mol. The van der Waals surface area contributed by atoms with Crippen LogP contribution in [0, 0.1) is 5.41 Å². The number of hydrogen-bond donors (Lipinski definition) is 2. The number of pyridine rings is 1. The van der Waals surface area contributed by atoms with Gasteiger partial charge in [-0.2, -0.15) is 13.2 Å². The number of halogens is 3. The van der Waals surface area contributed by atoms with Crippen LogP contribution in [0.3, 0.4) is 0 Å². The molecule has 1 spiro atoms. The number of carbonyl (C=O) groups is 3. The Hall–Kier alpha value is -3.31. The molecule has 2 N–H and O–H groups in total. The predicted molar refractivity (Wildman–Crippen MR) is 141 cm³/mol. The van der Waals surface area contributed by atoms with E-state index in [0.717, 1.165) is 49.8 Å². The third kappa shape index (κ3) is 4.92. The van der Waals surface area contributed by atoms with E-state index in [4.69, 9.17) is 4.98 Å². The lowest BCUT2D eigenvalue weighted by Crippen LogP contribution is -2.59. The van der Waals surface area contributed by atoms with Gasteiger partial charge in [0.15, 0.2) is 0 Å². The summed E-state index contributed by atoms with van der Waals surface area (Å²) in [5.74, 6) is -1.14. The van der Waals surface area contributed by atoms with Crippen LogP contribution in [0.25, 0.3) is 0 Å². The van der Waals surface area contributed by atoms with E-state index in [0.29, 0.717) is 43.0 Å². The molecule has 1 aromatic heterocycles. The van der Waals surface area contributed by atoms with Crippen LogP contribution in [0.15, 0.2) is 36.4 Å². The van der Waals surface area contributed by atoms with Crippen LogP contribution in [0.4, 0.5) is 13.2 Å². The van der Waals surface area contributed by atoms with Crippen LogP contribution in [0.5, 0.6) is 0 Å². The number of alkyl halides is 3. The van der Waals surface area contributed by atoms with E-state index in [1.807, 2.05) is 0 Å². The number of piperidine rings is 2. The zero-order valence-electron chi connectivity index (χ0n) is 22.7. The smallest absolute Gasteiger partial charge is 0.383 e. The number of imide groups is 1. The first-order valence-corrected chi connectivity index (χ1v) is 14.3. The Balaban J connectivity index is 1.24. The summed E-state index contributed by atoms with van der Waals surface area (Å²) in [4.78, 5) is 45.7. The topological polar surface area (TPSA) is 103 Å². The average Bonchev–Trinajstić information content (AvgIpc) is 3.26. The van der Waals surface area contributed by atoms with E-state index >= 15 is 0 Å². The van der Waals surface area contributed by atoms with Crippen LogP contribution in [0.1, 0.15) is 84.2 Å². The number of rotatable bonds is 4. The van der Waals surface area contributed by atoms with E-state index in [-0.39, 0.29) is 31.2 Å². The maximum absolute atomic E-state index is 13.2. The Bertz CT molecular complexity index is 1370. The lowest BCUT2D eigenvalue weighted by atomic mass is 9.59. The predicted octanol–water partition coefficient (Wildman–Crippen LogP) is 3.91. The second-order valence-electron chi connectivity index (χ2n) is 11.9. The number of hydrogen-bond acceptors (Lipinski definition) is 6. The summed E-state index contributed by atoms with van der Waals surface area (Å²) in [6.07, 6.45) is 1.05. The van der Waals surface area contributed by atoms with Crippen molar-refractivity contribution in [1.82, 2.24) is 20.1 Å². The summed E-state index contributed by atoms with van der Waals surface area (Å²) in [5, 5.41) is 14.7. The van der Waals surface area contributed by atoms with Gasteiger partial charge in [0, 0.05) is 31.5 Å². The van der Waals surface area contributed by atoms with Gasteiger partial charge in [-0.25, -0.2) is 0 Å². The highest BCUT2D eigenvalue weighted by Crippen LogP contribution is 2.54. The van der Waals surface area contributed by atoms with Crippen molar-refractivity contribution < 1.29 is 32.7 Å². The number of fused-ring (bicyclic) bond motifs is 1. The highest BCUT2D eigenvalue weighted by atomic mass is 19.4. The van der Waals surface area contributed by atoms with E-state index in [9.17, 15) is 32.7 Å². The fraction of sp³-hybridized carbons (Fsp3) is 0.533. The molecule has 41 heavy (non-hydrogen) atoms. The lowest BCUT2D eigenvalue weighted by molar-refractivity contribution is -0.162. The molecule has 1 aliphatic carbocycles. The zero-order chi connectivity index (χ0) is 29.0. The number of likely N-dealkylation sites (tertiary alicyclic amines) is 1. The van der Waals surface area contributed by atoms with Crippen molar-refractivity contribution in [1.29, 1.82) is 0 Å². The number of carbonyl (C=O) groups excluding carboxylic acids is 3. The van der Waals surface area contributed by atoms with Gasteiger partial charge >= 0.3 is 6.18 Å². The number of aliphatic hydroxyl groups is 1. The van der Waals surface area contributed by atoms with Gasteiger partial charge in [0.25, 0.3) is 5.91 Å². The van der Waals surface area contributed by atoms with E-state index in [2.05, 4.69) is 10.2 Å². The minimum absolute atomic E-state index is 0.136. The first-order valence-electron chi connectivity index (χ1n) is 14.3. The first-order chi connectivity index (χ1) is 19.5. The number of benzene rings is 1. The number of amides is 3. The molecule has 0 radical (unpaired) electrons. The molecule has 0 unspecified atom stereocenters. The molecule has 1 saturated carbocycles. The molecule has 1 aromatic carbocycles. The number of nitrogens with one attached hydrogen (secondary N) is 1. The third-order valence-electron chi connectivity index (χ3n) is 9.49. The summed E-state index contributed by atoms with van der Waals surface area (Å²) in [6.45, 7) is 1.75. The molecule has 4 aliphatic rings. The van der Waals surface area contributed by atoms with Crippen molar-refractivity contribution in [2.45, 2.75) is 82.3 Å². The molecular formula is C30H33F3N4O4. The van der Waals surface area contributed by atoms with Crippen LogP contribution >= 0.6 is 0 Å². The molecule has 6 rings (SSSR count). The second-order valence-corrected chi connectivity index (χ2v) is 11.9. The summed E-state index contributed by atoms with van der Waals surface area (Å²) < 4.78 is 39.1. The Morgan fingerprint density at radius 1 is 1.00 bits per heavy atom. The summed E-state index contributed by atoms with van der Waals surface area (Å²) in [6, 6.07) is 7.94. The van der Waals surface area contributed by atoms with Crippen LogP contribution in [0.2, 0.25) is 0 Å². The summed E-state index contributed by atoms with van der Waals surface area (Å²) >= 11 is 0. The van der Waals surface area contributed by atoms with Gasteiger partial charge in [0.05, 0.1) is 29.1 Å². The van der Waals surface area contributed by atoms with Crippen LogP contribution in [-0.2, 0) is 34.5 Å². The first kappa shape index (κ1) is 27.8. The highest BCUT2D eigenvalue weighted by molar-refractivity contribution is 6.05. The third-order valence-corrected chi connectivity index (χ3v) is 9.49. The standard InChI is InChI=1S/C30H33F3N4O4/c31-30(32,33)20-6-4-19(5-7-20)16-36-15-14-29(41,28(18-36)12-2-1-3-13-28)24-10-8-21-22(34-24)17-37(27(21)40)23-9-11-25(38)35-26(23)39/h4-8,10,23,41H,1-3,9,11-18H2,(H,35,38,39)/t23-,29+/m0/s1. The van der Waals surface area contributed by atoms with Crippen molar-refractivity contribution in [2.24, 2.45) is 5.41 Å². The molecule has 2 atom stereocenters. The molecule has 3 aliphatic heterocycles. The number of nitrogens with zero attached hydrogens (tertiary/aromatic N) is 3. The van der Waals surface area contributed by atoms with Crippen molar-refractivity contribution in [2.75, 3.05) is 13.1 Å².